The van der Waals surface area contributed by atoms with Crippen LogP contribution in [0.3, 0.4) is 0 Å². The van der Waals surface area contributed by atoms with E-state index in [1.807, 2.05) is 4.90 Å². The molecule has 0 aromatic carbocycles. The average molecular weight is 198 g/mol. The SMILES string of the molecule is CC1CCN(C(=O)N2CCCO2)CC1. The van der Waals surface area contributed by atoms with Crippen LogP contribution in [0.25, 0.3) is 0 Å². The molecule has 0 aromatic heterocycles. The number of piperidine rings is 1. The monoisotopic (exact) mass is 198 g/mol. The third-order valence-electron chi connectivity index (χ3n) is 3.02. The average Bonchev–Trinajstić information content (AvgIpc) is 2.71. The van der Waals surface area contributed by atoms with E-state index in [-0.39, 0.29) is 6.03 Å². The number of carbonyl (C=O) groups excluding carboxylic acids is 1. The first-order valence-corrected chi connectivity index (χ1v) is 5.47. The van der Waals surface area contributed by atoms with E-state index >= 15 is 0 Å². The Morgan fingerprint density at radius 1 is 1.29 bits per heavy atom. The zero-order valence-corrected chi connectivity index (χ0v) is 8.74. The van der Waals surface area contributed by atoms with Crippen molar-refractivity contribution in [3.05, 3.63) is 0 Å². The van der Waals surface area contributed by atoms with Gasteiger partial charge in [0, 0.05) is 13.1 Å². The first-order valence-electron chi connectivity index (χ1n) is 5.47. The van der Waals surface area contributed by atoms with Crippen LogP contribution in [-0.2, 0) is 4.84 Å². The van der Waals surface area contributed by atoms with Crippen LogP contribution in [-0.4, -0.2) is 42.2 Å². The molecule has 0 aromatic rings. The van der Waals surface area contributed by atoms with Gasteiger partial charge < -0.3 is 4.90 Å². The highest BCUT2D eigenvalue weighted by atomic mass is 16.7. The molecule has 4 heteroatoms. The summed E-state index contributed by atoms with van der Waals surface area (Å²) in [5.41, 5.74) is 0. The molecule has 2 amide bonds. The fourth-order valence-corrected chi connectivity index (χ4v) is 1.96. The molecule has 14 heavy (non-hydrogen) atoms. The molecule has 0 bridgehead atoms. The molecule has 2 aliphatic heterocycles. The van der Waals surface area contributed by atoms with Crippen LogP contribution >= 0.6 is 0 Å². The number of carbonyl (C=O) groups is 1. The van der Waals surface area contributed by atoms with Gasteiger partial charge >= 0.3 is 6.03 Å². The van der Waals surface area contributed by atoms with Crippen molar-refractivity contribution in [1.82, 2.24) is 9.96 Å². The number of nitrogens with zero attached hydrogens (tertiary/aromatic N) is 2. The number of amides is 2. The molecule has 2 fully saturated rings. The van der Waals surface area contributed by atoms with Crippen LogP contribution in [0.15, 0.2) is 0 Å². The summed E-state index contributed by atoms with van der Waals surface area (Å²) >= 11 is 0. The summed E-state index contributed by atoms with van der Waals surface area (Å²) in [7, 11) is 0. The fraction of sp³-hybridized carbons (Fsp3) is 0.900. The zero-order valence-electron chi connectivity index (χ0n) is 8.74. The normalized spacial score (nSPS) is 24.4. The van der Waals surface area contributed by atoms with Crippen molar-refractivity contribution in [2.75, 3.05) is 26.2 Å². The fourth-order valence-electron chi connectivity index (χ4n) is 1.96. The molecule has 0 radical (unpaired) electrons. The predicted octanol–water partition coefficient (Wildman–Crippen LogP) is 1.48. The molecule has 0 N–H and O–H groups in total. The number of hydroxylamine groups is 2. The van der Waals surface area contributed by atoms with E-state index in [4.69, 9.17) is 4.84 Å². The van der Waals surface area contributed by atoms with E-state index in [1.165, 1.54) is 5.06 Å². The number of hydrogen-bond donors (Lipinski definition) is 0. The minimum absolute atomic E-state index is 0.0643. The van der Waals surface area contributed by atoms with E-state index in [1.54, 1.807) is 0 Å². The quantitative estimate of drug-likeness (QED) is 0.590. The van der Waals surface area contributed by atoms with E-state index in [9.17, 15) is 4.79 Å². The second kappa shape index (κ2) is 4.17. The first kappa shape index (κ1) is 9.77. The summed E-state index contributed by atoms with van der Waals surface area (Å²) in [6, 6.07) is 0.0643. The lowest BCUT2D eigenvalue weighted by molar-refractivity contribution is -0.0788. The Morgan fingerprint density at radius 2 is 2.00 bits per heavy atom. The smallest absolute Gasteiger partial charge is 0.323 e. The van der Waals surface area contributed by atoms with Gasteiger partial charge in [-0.1, -0.05) is 6.92 Å². The van der Waals surface area contributed by atoms with Crippen LogP contribution in [0.5, 0.6) is 0 Å². The molecule has 2 rings (SSSR count). The van der Waals surface area contributed by atoms with Crippen molar-refractivity contribution in [3.8, 4) is 0 Å². The van der Waals surface area contributed by atoms with E-state index in [2.05, 4.69) is 6.92 Å². The minimum Gasteiger partial charge on any atom is -0.323 e. The summed E-state index contributed by atoms with van der Waals surface area (Å²) in [6.07, 6.45) is 3.22. The van der Waals surface area contributed by atoms with E-state index in [0.29, 0.717) is 6.61 Å². The second-order valence-electron chi connectivity index (χ2n) is 4.24. The molecule has 2 heterocycles. The second-order valence-corrected chi connectivity index (χ2v) is 4.24. The third kappa shape index (κ3) is 2.00. The Labute approximate surface area is 84.8 Å². The maximum Gasteiger partial charge on any atom is 0.343 e. The molecule has 80 valence electrons. The van der Waals surface area contributed by atoms with Crippen molar-refractivity contribution < 1.29 is 9.63 Å². The maximum absolute atomic E-state index is 11.8. The number of urea groups is 1. The van der Waals surface area contributed by atoms with Gasteiger partial charge in [0.25, 0.3) is 0 Å². The van der Waals surface area contributed by atoms with Crippen LogP contribution in [0.4, 0.5) is 4.79 Å². The number of hydrogen-bond acceptors (Lipinski definition) is 2. The van der Waals surface area contributed by atoms with Gasteiger partial charge in [0.2, 0.25) is 0 Å². The number of likely N-dealkylation sites (tertiary alicyclic amines) is 1. The summed E-state index contributed by atoms with van der Waals surface area (Å²) in [5.74, 6) is 0.763. The summed E-state index contributed by atoms with van der Waals surface area (Å²) < 4.78 is 0. The van der Waals surface area contributed by atoms with E-state index in [0.717, 1.165) is 44.8 Å². The molecule has 2 saturated heterocycles. The van der Waals surface area contributed by atoms with Crippen molar-refractivity contribution >= 4 is 6.03 Å². The highest BCUT2D eigenvalue weighted by Gasteiger charge is 2.27. The summed E-state index contributed by atoms with van der Waals surface area (Å²) in [4.78, 5) is 19.0. The van der Waals surface area contributed by atoms with Crippen molar-refractivity contribution in [2.45, 2.75) is 26.2 Å². The minimum atomic E-state index is 0.0643. The predicted molar refractivity (Wildman–Crippen MR) is 52.6 cm³/mol. The highest BCUT2D eigenvalue weighted by molar-refractivity contribution is 5.73. The Balaban J connectivity index is 1.85. The van der Waals surface area contributed by atoms with Gasteiger partial charge in [-0.15, -0.1) is 0 Å². The topological polar surface area (TPSA) is 32.8 Å². The molecule has 4 nitrogen and oxygen atoms in total. The molecule has 0 atom stereocenters. The Bertz CT molecular complexity index is 206. The van der Waals surface area contributed by atoms with Gasteiger partial charge in [0.1, 0.15) is 0 Å². The van der Waals surface area contributed by atoms with Crippen LogP contribution in [0, 0.1) is 5.92 Å². The molecule has 0 aliphatic carbocycles. The molecule has 0 saturated carbocycles. The zero-order chi connectivity index (χ0) is 9.97. The summed E-state index contributed by atoms with van der Waals surface area (Å²) in [6.45, 7) is 5.47. The van der Waals surface area contributed by atoms with Gasteiger partial charge in [-0.2, -0.15) is 0 Å². The maximum atomic E-state index is 11.8. The van der Waals surface area contributed by atoms with Gasteiger partial charge in [-0.3, -0.25) is 4.84 Å². The Morgan fingerprint density at radius 3 is 2.57 bits per heavy atom. The molecule has 0 spiro atoms. The molecular weight excluding hydrogens is 180 g/mol. The lowest BCUT2D eigenvalue weighted by Gasteiger charge is -2.32. The van der Waals surface area contributed by atoms with Gasteiger partial charge in [-0.05, 0) is 25.2 Å². The standard InChI is InChI=1S/C10H18N2O2/c1-9-3-6-11(7-4-9)10(13)12-5-2-8-14-12/h9H,2-8H2,1H3. The lowest BCUT2D eigenvalue weighted by Crippen LogP contribution is -2.44. The molecule has 0 unspecified atom stereocenters. The van der Waals surface area contributed by atoms with Crippen LogP contribution < -0.4 is 0 Å². The largest absolute Gasteiger partial charge is 0.343 e. The van der Waals surface area contributed by atoms with Crippen LogP contribution in [0.2, 0.25) is 0 Å². The Hall–Kier alpha value is -0.770. The van der Waals surface area contributed by atoms with Gasteiger partial charge in [0.15, 0.2) is 0 Å². The van der Waals surface area contributed by atoms with Gasteiger partial charge in [0.05, 0.1) is 13.2 Å². The molecule has 2 aliphatic rings. The highest BCUT2D eigenvalue weighted by Crippen LogP contribution is 2.18. The van der Waals surface area contributed by atoms with Crippen LogP contribution in [0.1, 0.15) is 26.2 Å². The van der Waals surface area contributed by atoms with Crippen molar-refractivity contribution in [3.63, 3.8) is 0 Å². The third-order valence-corrected chi connectivity index (χ3v) is 3.02. The van der Waals surface area contributed by atoms with Crippen molar-refractivity contribution in [2.24, 2.45) is 5.92 Å². The lowest BCUT2D eigenvalue weighted by atomic mass is 10.00. The number of rotatable bonds is 0. The molecular formula is C10H18N2O2. The summed E-state index contributed by atoms with van der Waals surface area (Å²) in [5, 5.41) is 1.51. The Kier molecular flexibility index (Phi) is 2.91. The van der Waals surface area contributed by atoms with Crippen molar-refractivity contribution in [1.29, 1.82) is 0 Å². The van der Waals surface area contributed by atoms with Gasteiger partial charge in [-0.25, -0.2) is 9.86 Å². The first-order chi connectivity index (χ1) is 6.77. The van der Waals surface area contributed by atoms with E-state index < -0.39 is 0 Å².